The Morgan fingerprint density at radius 2 is 0.500 bits per heavy atom. The van der Waals surface area contributed by atoms with E-state index in [4.69, 9.17) is 0 Å². The van der Waals surface area contributed by atoms with Crippen LogP contribution in [-0.2, 0) is 0 Å². The van der Waals surface area contributed by atoms with Crippen LogP contribution in [0.5, 0.6) is 0 Å². The van der Waals surface area contributed by atoms with Crippen LogP contribution in [0.3, 0.4) is 0 Å². The van der Waals surface area contributed by atoms with Gasteiger partial charge in [0.1, 0.15) is 13.1 Å². The molecule has 0 aromatic heterocycles. The molecule has 3 nitrogen and oxygen atoms in total. The van der Waals surface area contributed by atoms with Gasteiger partial charge in [-0.05, 0) is 25.7 Å². The van der Waals surface area contributed by atoms with E-state index in [1.165, 1.54) is 180 Å². The van der Waals surface area contributed by atoms with Gasteiger partial charge in [0.25, 0.3) is 0 Å². The average Bonchev–Trinajstić information content (AvgIpc) is 2.93. The number of hydrogen-bond donors (Lipinski definition) is 2. The molecule has 4 heteroatoms. The molecule has 0 fully saturated rings. The van der Waals surface area contributed by atoms with Gasteiger partial charge in [0.2, 0.25) is 0 Å². The molecule has 40 heavy (non-hydrogen) atoms. The highest BCUT2D eigenvalue weighted by atomic mass is 79.9. The van der Waals surface area contributed by atoms with Crippen LogP contribution in [0.2, 0.25) is 0 Å². The molecule has 0 radical (unpaired) electrons. The maximum atomic E-state index is 9.76. The summed E-state index contributed by atoms with van der Waals surface area (Å²) < 4.78 is 0.934. The maximum absolute atomic E-state index is 9.76. The number of rotatable bonds is 34. The van der Waals surface area contributed by atoms with E-state index in [2.05, 4.69) is 13.8 Å². The van der Waals surface area contributed by atoms with E-state index in [-0.39, 0.29) is 30.2 Å². The van der Waals surface area contributed by atoms with Crippen molar-refractivity contribution >= 4 is 0 Å². The summed E-state index contributed by atoms with van der Waals surface area (Å²) >= 11 is 0. The molecule has 0 saturated heterocycles. The number of unbranched alkanes of at least 4 members (excludes halogenated alkanes) is 26. The molecule has 0 amide bonds. The minimum absolute atomic E-state index is 0. The summed E-state index contributed by atoms with van der Waals surface area (Å²) in [7, 11) is 0. The van der Waals surface area contributed by atoms with Crippen LogP contribution in [-0.4, -0.2) is 54.1 Å². The Morgan fingerprint density at radius 3 is 0.700 bits per heavy atom. The van der Waals surface area contributed by atoms with E-state index in [9.17, 15) is 10.2 Å². The lowest BCUT2D eigenvalue weighted by atomic mass is 10.0. The smallest absolute Gasteiger partial charge is 0.102 e. The zero-order chi connectivity index (χ0) is 28.5. The lowest BCUT2D eigenvalue weighted by molar-refractivity contribution is -0.929. The molecule has 0 atom stereocenters. The number of nitrogens with zero attached hydrogens (tertiary/aromatic N) is 1. The van der Waals surface area contributed by atoms with Gasteiger partial charge in [-0.1, -0.05) is 168 Å². The third kappa shape index (κ3) is 29.8. The number of aliphatic hydroxyl groups is 2. The summed E-state index contributed by atoms with van der Waals surface area (Å²) in [4.78, 5) is 0. The third-order valence-corrected chi connectivity index (χ3v) is 9.12. The van der Waals surface area contributed by atoms with Gasteiger partial charge in [0, 0.05) is 0 Å². The minimum Gasteiger partial charge on any atom is -1.00 e. The predicted octanol–water partition coefficient (Wildman–Crippen LogP) is 7.75. The highest BCUT2D eigenvalue weighted by Crippen LogP contribution is 2.18. The Bertz CT molecular complexity index is 409. The van der Waals surface area contributed by atoms with Crippen LogP contribution < -0.4 is 17.0 Å². The second kappa shape index (κ2) is 35.6. The second-order valence-corrected chi connectivity index (χ2v) is 12.9. The van der Waals surface area contributed by atoms with Gasteiger partial charge < -0.3 is 31.7 Å². The molecule has 0 aliphatic rings. The molecule has 2 N–H and O–H groups in total. The topological polar surface area (TPSA) is 40.5 Å². The first kappa shape index (κ1) is 42.5. The Labute approximate surface area is 264 Å². The number of hydrogen-bond acceptors (Lipinski definition) is 2. The highest BCUT2D eigenvalue weighted by Gasteiger charge is 2.25. The van der Waals surface area contributed by atoms with Crippen molar-refractivity contribution in [3.8, 4) is 0 Å². The van der Waals surface area contributed by atoms with Gasteiger partial charge in [-0.25, -0.2) is 0 Å². The SMILES string of the molecule is CCCCCCCCCCCCCCCC[N+](CCO)(CCO)CCCCCCCCCCCCCCCC.[Br-]. The molecule has 0 aliphatic carbocycles. The molecular formula is C36H76BrNO2. The summed E-state index contributed by atoms with van der Waals surface area (Å²) in [6.07, 6.45) is 39.1. The van der Waals surface area contributed by atoms with Gasteiger partial charge in [-0.15, -0.1) is 0 Å². The van der Waals surface area contributed by atoms with E-state index in [1.807, 2.05) is 0 Å². The molecule has 0 bridgehead atoms. The van der Waals surface area contributed by atoms with Crippen molar-refractivity contribution in [1.29, 1.82) is 0 Å². The summed E-state index contributed by atoms with van der Waals surface area (Å²) in [5, 5.41) is 19.5. The first-order chi connectivity index (χ1) is 19.2. The van der Waals surface area contributed by atoms with Crippen molar-refractivity contribution in [3.63, 3.8) is 0 Å². The van der Waals surface area contributed by atoms with Crippen LogP contribution in [0.4, 0.5) is 0 Å². The molecule has 0 aromatic carbocycles. The zero-order valence-corrected chi connectivity index (χ0v) is 29.3. The summed E-state index contributed by atoms with van der Waals surface area (Å²) in [6.45, 7) is 8.99. The summed E-state index contributed by atoms with van der Waals surface area (Å²) in [5.41, 5.74) is 0. The fourth-order valence-electron chi connectivity index (χ4n) is 6.38. The Balaban J connectivity index is 0. The van der Waals surface area contributed by atoms with Gasteiger partial charge in [-0.3, -0.25) is 0 Å². The molecule has 0 rings (SSSR count). The van der Waals surface area contributed by atoms with E-state index < -0.39 is 0 Å². The molecule has 244 valence electrons. The van der Waals surface area contributed by atoms with Crippen molar-refractivity contribution < 1.29 is 31.7 Å². The van der Waals surface area contributed by atoms with E-state index in [0.717, 1.165) is 30.7 Å². The van der Waals surface area contributed by atoms with Crippen LogP contribution >= 0.6 is 0 Å². The van der Waals surface area contributed by atoms with Crippen LogP contribution in [0.1, 0.15) is 194 Å². The normalized spacial score (nSPS) is 11.7. The van der Waals surface area contributed by atoms with Gasteiger partial charge in [0.15, 0.2) is 0 Å². The first-order valence-electron chi connectivity index (χ1n) is 18.3. The van der Waals surface area contributed by atoms with Crippen molar-refractivity contribution in [3.05, 3.63) is 0 Å². The zero-order valence-electron chi connectivity index (χ0n) is 27.8. The number of halogens is 1. The van der Waals surface area contributed by atoms with Crippen molar-refractivity contribution in [2.45, 2.75) is 194 Å². The number of quaternary nitrogens is 1. The summed E-state index contributed by atoms with van der Waals surface area (Å²) in [6, 6.07) is 0. The molecule has 0 heterocycles. The monoisotopic (exact) mass is 634 g/mol. The van der Waals surface area contributed by atoms with Gasteiger partial charge in [-0.2, -0.15) is 0 Å². The molecule has 0 spiro atoms. The van der Waals surface area contributed by atoms with Gasteiger partial charge in [0.05, 0.1) is 26.3 Å². The van der Waals surface area contributed by atoms with Crippen LogP contribution in [0.25, 0.3) is 0 Å². The predicted molar refractivity (Wildman–Crippen MR) is 175 cm³/mol. The van der Waals surface area contributed by atoms with Gasteiger partial charge >= 0.3 is 0 Å². The second-order valence-electron chi connectivity index (χ2n) is 12.9. The van der Waals surface area contributed by atoms with E-state index in [0.29, 0.717) is 0 Å². The third-order valence-electron chi connectivity index (χ3n) is 9.12. The molecule has 0 unspecified atom stereocenters. The van der Waals surface area contributed by atoms with E-state index in [1.54, 1.807) is 0 Å². The molecule has 0 saturated carbocycles. The maximum Gasteiger partial charge on any atom is 0.102 e. The quantitative estimate of drug-likeness (QED) is 0.0561. The lowest BCUT2D eigenvalue weighted by Gasteiger charge is -2.38. The molecule has 0 aromatic rings. The molecule has 0 aliphatic heterocycles. The van der Waals surface area contributed by atoms with Crippen LogP contribution in [0, 0.1) is 0 Å². The van der Waals surface area contributed by atoms with Crippen molar-refractivity contribution in [2.75, 3.05) is 39.4 Å². The fourth-order valence-corrected chi connectivity index (χ4v) is 6.38. The number of aliphatic hydroxyl groups excluding tert-OH is 2. The largest absolute Gasteiger partial charge is 1.00 e. The minimum atomic E-state index is 0. The van der Waals surface area contributed by atoms with E-state index >= 15 is 0 Å². The average molecular weight is 635 g/mol. The van der Waals surface area contributed by atoms with Crippen molar-refractivity contribution in [2.24, 2.45) is 0 Å². The first-order valence-corrected chi connectivity index (χ1v) is 18.3. The Hall–Kier alpha value is 0.360. The Morgan fingerprint density at radius 1 is 0.300 bits per heavy atom. The lowest BCUT2D eigenvalue weighted by Crippen LogP contribution is -3.00. The van der Waals surface area contributed by atoms with Crippen molar-refractivity contribution in [1.82, 2.24) is 0 Å². The highest BCUT2D eigenvalue weighted by molar-refractivity contribution is 4.54. The standard InChI is InChI=1S/C36H76NO2.BrH/c1-3-5-7-9-11-13-15-17-19-21-23-25-27-29-31-37(33-35-38,34-36-39)32-30-28-26-24-22-20-18-16-14-12-10-8-6-4-2;/h38-39H,3-36H2,1-2H3;1H/q+1;/p-1. The Kier molecular flexibility index (Phi) is 37.8. The van der Waals surface area contributed by atoms with Crippen LogP contribution in [0.15, 0.2) is 0 Å². The summed E-state index contributed by atoms with van der Waals surface area (Å²) in [5.74, 6) is 0. The molecular weight excluding hydrogens is 558 g/mol. The fraction of sp³-hybridized carbons (Fsp3) is 1.00.